The van der Waals surface area contributed by atoms with Crippen molar-refractivity contribution in [3.63, 3.8) is 0 Å². The number of hydrogen-bond acceptors (Lipinski definition) is 3. The van der Waals surface area contributed by atoms with E-state index < -0.39 is 0 Å². The van der Waals surface area contributed by atoms with Crippen LogP contribution in [0.15, 0.2) is 24.4 Å². The molecule has 0 atom stereocenters. The zero-order valence-electron chi connectivity index (χ0n) is 8.42. The minimum atomic E-state index is -0.292. The molecule has 0 amide bonds. The van der Waals surface area contributed by atoms with E-state index in [0.29, 0.717) is 0 Å². The van der Waals surface area contributed by atoms with Crippen LogP contribution in [0.5, 0.6) is 0 Å². The van der Waals surface area contributed by atoms with Crippen LogP contribution in [0.4, 0.5) is 0 Å². The number of hydrogen-bond donors (Lipinski definition) is 1. The van der Waals surface area contributed by atoms with Crippen LogP contribution < -0.4 is 5.32 Å². The molecule has 0 unspecified atom stereocenters. The van der Waals surface area contributed by atoms with Gasteiger partial charge in [0.1, 0.15) is 0 Å². The smallest absolute Gasteiger partial charge is 0.172 e. The monoisotopic (exact) mass is 195 g/mol. The number of allylic oxidation sites excluding steroid dienone is 1. The molecule has 3 nitrogen and oxygen atoms in total. The van der Waals surface area contributed by atoms with E-state index in [-0.39, 0.29) is 5.79 Å². The van der Waals surface area contributed by atoms with Crippen molar-refractivity contribution in [1.29, 1.82) is 0 Å². The van der Waals surface area contributed by atoms with Crippen molar-refractivity contribution in [2.24, 2.45) is 0 Å². The maximum absolute atomic E-state index is 5.62. The lowest BCUT2D eigenvalue weighted by atomic mass is 9.98. The molecule has 0 radical (unpaired) electrons. The SMILES string of the molecule is C=CCNC1=CCC2(CC1)OCCO2. The molecule has 1 spiro atoms. The van der Waals surface area contributed by atoms with Gasteiger partial charge in [0.25, 0.3) is 0 Å². The van der Waals surface area contributed by atoms with Crippen molar-refractivity contribution in [2.75, 3.05) is 19.8 Å². The molecule has 1 heterocycles. The van der Waals surface area contributed by atoms with Gasteiger partial charge in [-0.25, -0.2) is 0 Å². The third kappa shape index (κ3) is 1.99. The van der Waals surface area contributed by atoms with Gasteiger partial charge in [-0.1, -0.05) is 12.2 Å². The van der Waals surface area contributed by atoms with Gasteiger partial charge in [-0.05, 0) is 6.42 Å². The zero-order chi connectivity index (χ0) is 9.86. The van der Waals surface area contributed by atoms with Crippen molar-refractivity contribution in [3.8, 4) is 0 Å². The second-order valence-corrected chi connectivity index (χ2v) is 3.71. The fourth-order valence-corrected chi connectivity index (χ4v) is 1.93. The first-order valence-corrected chi connectivity index (χ1v) is 5.16. The van der Waals surface area contributed by atoms with Crippen LogP contribution in [0, 0.1) is 0 Å². The summed E-state index contributed by atoms with van der Waals surface area (Å²) in [7, 11) is 0. The van der Waals surface area contributed by atoms with Crippen LogP contribution in [0.1, 0.15) is 19.3 Å². The molecule has 14 heavy (non-hydrogen) atoms. The zero-order valence-corrected chi connectivity index (χ0v) is 8.42. The van der Waals surface area contributed by atoms with Gasteiger partial charge >= 0.3 is 0 Å². The van der Waals surface area contributed by atoms with E-state index >= 15 is 0 Å². The van der Waals surface area contributed by atoms with E-state index in [9.17, 15) is 0 Å². The molecule has 0 aromatic carbocycles. The molecule has 0 aromatic rings. The normalized spacial score (nSPS) is 24.7. The lowest BCUT2D eigenvalue weighted by molar-refractivity contribution is -0.161. The molecule has 3 heteroatoms. The van der Waals surface area contributed by atoms with Gasteiger partial charge in [-0.15, -0.1) is 6.58 Å². The minimum Gasteiger partial charge on any atom is -0.385 e. The molecule has 1 aliphatic carbocycles. The molecule has 1 saturated heterocycles. The first-order valence-electron chi connectivity index (χ1n) is 5.16. The van der Waals surface area contributed by atoms with Gasteiger partial charge < -0.3 is 14.8 Å². The Hall–Kier alpha value is -0.800. The van der Waals surface area contributed by atoms with Crippen LogP contribution in [-0.2, 0) is 9.47 Å². The minimum absolute atomic E-state index is 0.292. The molecule has 1 fully saturated rings. The Morgan fingerprint density at radius 1 is 1.50 bits per heavy atom. The molecule has 78 valence electrons. The first kappa shape index (κ1) is 9.74. The fourth-order valence-electron chi connectivity index (χ4n) is 1.93. The van der Waals surface area contributed by atoms with E-state index in [1.54, 1.807) is 0 Å². The molecular formula is C11H17NO2. The number of rotatable bonds is 3. The van der Waals surface area contributed by atoms with E-state index in [0.717, 1.165) is 39.0 Å². The van der Waals surface area contributed by atoms with Gasteiger partial charge in [-0.2, -0.15) is 0 Å². The van der Waals surface area contributed by atoms with Crippen molar-refractivity contribution in [2.45, 2.75) is 25.0 Å². The lowest BCUT2D eigenvalue weighted by Gasteiger charge is -2.30. The highest BCUT2D eigenvalue weighted by molar-refractivity contribution is 5.08. The number of nitrogens with one attached hydrogen (secondary N) is 1. The van der Waals surface area contributed by atoms with Gasteiger partial charge in [0.2, 0.25) is 0 Å². The van der Waals surface area contributed by atoms with Gasteiger partial charge in [0.05, 0.1) is 13.2 Å². The summed E-state index contributed by atoms with van der Waals surface area (Å²) < 4.78 is 11.2. The first-order chi connectivity index (χ1) is 6.85. The largest absolute Gasteiger partial charge is 0.385 e. The Morgan fingerprint density at radius 2 is 2.29 bits per heavy atom. The molecule has 0 saturated carbocycles. The van der Waals surface area contributed by atoms with Gasteiger partial charge in [0.15, 0.2) is 5.79 Å². The van der Waals surface area contributed by atoms with Crippen molar-refractivity contribution in [1.82, 2.24) is 5.32 Å². The summed E-state index contributed by atoms with van der Waals surface area (Å²) in [5.41, 5.74) is 1.29. The Morgan fingerprint density at radius 3 is 2.86 bits per heavy atom. The third-order valence-corrected chi connectivity index (χ3v) is 2.72. The molecule has 2 rings (SSSR count). The molecule has 1 aliphatic heterocycles. The van der Waals surface area contributed by atoms with Crippen LogP contribution in [0.2, 0.25) is 0 Å². The summed E-state index contributed by atoms with van der Waals surface area (Å²) in [5.74, 6) is -0.292. The summed E-state index contributed by atoms with van der Waals surface area (Å²) in [5, 5.41) is 3.31. The second kappa shape index (κ2) is 4.15. The summed E-state index contributed by atoms with van der Waals surface area (Å²) in [6.45, 7) is 5.99. The molecular weight excluding hydrogens is 178 g/mol. The van der Waals surface area contributed by atoms with Crippen LogP contribution >= 0.6 is 0 Å². The van der Waals surface area contributed by atoms with E-state index in [1.807, 2.05) is 6.08 Å². The summed E-state index contributed by atoms with van der Waals surface area (Å²) >= 11 is 0. The van der Waals surface area contributed by atoms with Crippen molar-refractivity contribution in [3.05, 3.63) is 24.4 Å². The van der Waals surface area contributed by atoms with E-state index in [2.05, 4.69) is 18.0 Å². The van der Waals surface area contributed by atoms with E-state index in [1.165, 1.54) is 5.70 Å². The average molecular weight is 195 g/mol. The quantitative estimate of drug-likeness (QED) is 0.693. The Bertz CT molecular complexity index is 242. The average Bonchev–Trinajstić information content (AvgIpc) is 2.66. The molecule has 1 N–H and O–H groups in total. The highest BCUT2D eigenvalue weighted by atomic mass is 16.7. The Kier molecular flexibility index (Phi) is 2.89. The molecule has 2 aliphatic rings. The summed E-state index contributed by atoms with van der Waals surface area (Å²) in [6.07, 6.45) is 6.88. The Labute approximate surface area is 84.8 Å². The molecule has 0 aromatic heterocycles. The standard InChI is InChI=1S/C11H17NO2/c1-2-7-12-10-3-5-11(6-4-10)13-8-9-14-11/h2-3,12H,1,4-9H2. The fraction of sp³-hybridized carbons (Fsp3) is 0.636. The predicted molar refractivity (Wildman–Crippen MR) is 54.8 cm³/mol. The van der Waals surface area contributed by atoms with E-state index in [4.69, 9.17) is 9.47 Å². The van der Waals surface area contributed by atoms with Crippen molar-refractivity contribution < 1.29 is 9.47 Å². The van der Waals surface area contributed by atoms with Gasteiger partial charge in [-0.3, -0.25) is 0 Å². The van der Waals surface area contributed by atoms with Crippen LogP contribution in [-0.4, -0.2) is 25.5 Å². The third-order valence-electron chi connectivity index (χ3n) is 2.72. The van der Waals surface area contributed by atoms with Crippen LogP contribution in [0.25, 0.3) is 0 Å². The van der Waals surface area contributed by atoms with Gasteiger partial charge in [0, 0.05) is 25.1 Å². The summed E-state index contributed by atoms with van der Waals surface area (Å²) in [4.78, 5) is 0. The van der Waals surface area contributed by atoms with Crippen LogP contribution in [0.3, 0.4) is 0 Å². The second-order valence-electron chi connectivity index (χ2n) is 3.71. The Balaban J connectivity index is 1.88. The highest BCUT2D eigenvalue weighted by Crippen LogP contribution is 2.33. The highest BCUT2D eigenvalue weighted by Gasteiger charge is 2.37. The lowest BCUT2D eigenvalue weighted by Crippen LogP contribution is -2.33. The van der Waals surface area contributed by atoms with Crippen molar-refractivity contribution >= 4 is 0 Å². The predicted octanol–water partition coefficient (Wildman–Crippen LogP) is 1.57. The summed E-state index contributed by atoms with van der Waals surface area (Å²) in [6, 6.07) is 0. The molecule has 0 bridgehead atoms. The maximum atomic E-state index is 5.62. The maximum Gasteiger partial charge on any atom is 0.172 e. The number of ether oxygens (including phenoxy) is 2. The topological polar surface area (TPSA) is 30.5 Å².